The van der Waals surface area contributed by atoms with Crippen molar-refractivity contribution in [1.29, 1.82) is 0 Å². The van der Waals surface area contributed by atoms with Crippen molar-refractivity contribution < 1.29 is 9.53 Å². The number of carbonyl (C=O) groups is 1. The van der Waals surface area contributed by atoms with Gasteiger partial charge in [0.05, 0.1) is 18.9 Å². The van der Waals surface area contributed by atoms with Crippen molar-refractivity contribution in [3.63, 3.8) is 0 Å². The number of amides is 1. The Balaban J connectivity index is 1.77. The zero-order valence-electron chi connectivity index (χ0n) is 11.8. The number of fused-ring (bicyclic) bond motifs is 3. The van der Waals surface area contributed by atoms with Crippen molar-refractivity contribution in [1.82, 2.24) is 9.97 Å². The lowest BCUT2D eigenvalue weighted by Crippen LogP contribution is -2.61. The second kappa shape index (κ2) is 4.81. The highest BCUT2D eigenvalue weighted by Gasteiger charge is 2.44. The highest BCUT2D eigenvalue weighted by atomic mass is 35.5. The predicted octanol–water partition coefficient (Wildman–Crippen LogP) is 1.48. The van der Waals surface area contributed by atoms with E-state index in [-0.39, 0.29) is 23.3 Å². The summed E-state index contributed by atoms with van der Waals surface area (Å²) >= 11 is 5.96. The summed E-state index contributed by atoms with van der Waals surface area (Å²) in [6.07, 6.45) is 4.12. The van der Waals surface area contributed by atoms with Crippen LogP contribution in [0, 0.1) is 5.92 Å². The molecule has 7 heteroatoms. The molecule has 21 heavy (non-hydrogen) atoms. The van der Waals surface area contributed by atoms with Gasteiger partial charge in [0, 0.05) is 13.1 Å². The summed E-state index contributed by atoms with van der Waals surface area (Å²) in [6, 6.07) is -0.293. The predicted molar refractivity (Wildman–Crippen MR) is 78.7 cm³/mol. The lowest BCUT2D eigenvalue weighted by molar-refractivity contribution is -0.123. The topological polar surface area (TPSA) is 58.6 Å². The largest absolute Gasteiger partial charge is 0.374 e. The number of carbonyl (C=O) groups excluding carboxylic acids is 1. The van der Waals surface area contributed by atoms with Gasteiger partial charge >= 0.3 is 0 Å². The normalized spacial score (nSPS) is 28.4. The molecule has 1 saturated carbocycles. The number of anilines is 2. The summed E-state index contributed by atoms with van der Waals surface area (Å²) in [4.78, 5) is 25.1. The standard InChI is InChI=1S/C14H17ClN4O2/c1-8-5-18-11(7-21-8)13(20)19(6-9-2-3-9)10-4-16-14(15)17-12(10)18/h4,8-9,11H,2-3,5-7H2,1H3/t8-,11?/m1/s1. The van der Waals surface area contributed by atoms with Crippen LogP contribution in [0.4, 0.5) is 11.5 Å². The first-order valence-corrected chi connectivity index (χ1v) is 7.73. The molecular weight excluding hydrogens is 292 g/mol. The van der Waals surface area contributed by atoms with Gasteiger partial charge in [0.25, 0.3) is 5.91 Å². The Bertz CT molecular complexity index is 592. The Morgan fingerprint density at radius 3 is 3.05 bits per heavy atom. The fraction of sp³-hybridized carbons (Fsp3) is 0.643. The Labute approximate surface area is 128 Å². The van der Waals surface area contributed by atoms with E-state index in [0.717, 1.165) is 18.1 Å². The summed E-state index contributed by atoms with van der Waals surface area (Å²) in [7, 11) is 0. The molecule has 0 radical (unpaired) electrons. The quantitative estimate of drug-likeness (QED) is 0.775. The molecule has 1 aliphatic carbocycles. The summed E-state index contributed by atoms with van der Waals surface area (Å²) in [5, 5.41) is 0.215. The summed E-state index contributed by atoms with van der Waals surface area (Å²) in [5.74, 6) is 1.45. The molecule has 0 spiro atoms. The number of hydrogen-bond donors (Lipinski definition) is 0. The summed E-state index contributed by atoms with van der Waals surface area (Å²) < 4.78 is 5.67. The van der Waals surface area contributed by atoms with Crippen LogP contribution in [0.15, 0.2) is 6.20 Å². The second-order valence-corrected chi connectivity index (χ2v) is 6.39. The average molecular weight is 309 g/mol. The maximum absolute atomic E-state index is 12.8. The minimum atomic E-state index is -0.293. The lowest BCUT2D eigenvalue weighted by Gasteiger charge is -2.45. The Morgan fingerprint density at radius 1 is 1.48 bits per heavy atom. The number of morpholine rings is 1. The van der Waals surface area contributed by atoms with E-state index in [1.54, 1.807) is 6.20 Å². The highest BCUT2D eigenvalue weighted by Crippen LogP contribution is 2.39. The molecule has 0 aromatic carbocycles. The number of rotatable bonds is 2. The lowest BCUT2D eigenvalue weighted by atomic mass is 10.1. The van der Waals surface area contributed by atoms with Crippen LogP contribution in [0.5, 0.6) is 0 Å². The number of nitrogens with zero attached hydrogens (tertiary/aromatic N) is 4. The van der Waals surface area contributed by atoms with E-state index in [9.17, 15) is 4.79 Å². The molecule has 3 aliphatic rings. The van der Waals surface area contributed by atoms with E-state index in [1.807, 2.05) is 16.7 Å². The number of halogens is 1. The first kappa shape index (κ1) is 13.3. The molecule has 0 N–H and O–H groups in total. The molecule has 1 saturated heterocycles. The van der Waals surface area contributed by atoms with Crippen molar-refractivity contribution in [2.24, 2.45) is 5.92 Å². The SMILES string of the molecule is C[C@@H]1CN2c3nc(Cl)ncc3N(CC3CC3)C(=O)C2CO1. The molecule has 1 amide bonds. The van der Waals surface area contributed by atoms with Crippen molar-refractivity contribution in [3.8, 4) is 0 Å². The molecule has 2 atom stereocenters. The fourth-order valence-electron chi connectivity index (χ4n) is 3.03. The van der Waals surface area contributed by atoms with Gasteiger partial charge < -0.3 is 14.5 Å². The zero-order valence-corrected chi connectivity index (χ0v) is 12.6. The van der Waals surface area contributed by atoms with Crippen LogP contribution >= 0.6 is 11.6 Å². The molecular formula is C14H17ClN4O2. The molecule has 1 unspecified atom stereocenters. The van der Waals surface area contributed by atoms with E-state index in [1.165, 1.54) is 12.8 Å². The van der Waals surface area contributed by atoms with Gasteiger partial charge in [-0.3, -0.25) is 4.79 Å². The first-order chi connectivity index (χ1) is 10.1. The number of aromatic nitrogens is 2. The van der Waals surface area contributed by atoms with Gasteiger partial charge in [-0.25, -0.2) is 4.98 Å². The number of ether oxygens (including phenoxy) is 1. The van der Waals surface area contributed by atoms with E-state index in [2.05, 4.69) is 9.97 Å². The molecule has 2 aliphatic heterocycles. The molecule has 4 rings (SSSR count). The van der Waals surface area contributed by atoms with Crippen LogP contribution < -0.4 is 9.80 Å². The van der Waals surface area contributed by atoms with Crippen LogP contribution in [0.2, 0.25) is 5.28 Å². The smallest absolute Gasteiger partial charge is 0.252 e. The van der Waals surface area contributed by atoms with Gasteiger partial charge in [0.2, 0.25) is 5.28 Å². The van der Waals surface area contributed by atoms with Crippen LogP contribution in [0.1, 0.15) is 19.8 Å². The first-order valence-electron chi connectivity index (χ1n) is 7.35. The third-order valence-electron chi connectivity index (χ3n) is 4.34. The summed E-state index contributed by atoms with van der Waals surface area (Å²) in [6.45, 7) is 3.80. The zero-order chi connectivity index (χ0) is 14.6. The Kier molecular flexibility index (Phi) is 3.04. The maximum atomic E-state index is 12.8. The molecule has 2 fully saturated rings. The molecule has 112 valence electrons. The van der Waals surface area contributed by atoms with Gasteiger partial charge in [0.15, 0.2) is 5.82 Å². The minimum absolute atomic E-state index is 0.0747. The van der Waals surface area contributed by atoms with Crippen molar-refractivity contribution in [2.45, 2.75) is 31.9 Å². The Morgan fingerprint density at radius 2 is 2.29 bits per heavy atom. The summed E-state index contributed by atoms with van der Waals surface area (Å²) in [5.41, 5.74) is 0.779. The second-order valence-electron chi connectivity index (χ2n) is 6.05. The maximum Gasteiger partial charge on any atom is 0.252 e. The van der Waals surface area contributed by atoms with Crippen LogP contribution in [-0.2, 0) is 9.53 Å². The van der Waals surface area contributed by atoms with E-state index < -0.39 is 0 Å². The molecule has 3 heterocycles. The third kappa shape index (κ3) is 2.26. The van der Waals surface area contributed by atoms with Crippen LogP contribution in [0.25, 0.3) is 0 Å². The Hall–Kier alpha value is -1.40. The van der Waals surface area contributed by atoms with Crippen LogP contribution in [-0.4, -0.2) is 47.7 Å². The third-order valence-corrected chi connectivity index (χ3v) is 4.52. The van der Waals surface area contributed by atoms with Crippen molar-refractivity contribution in [2.75, 3.05) is 29.5 Å². The van der Waals surface area contributed by atoms with Crippen molar-refractivity contribution in [3.05, 3.63) is 11.5 Å². The monoisotopic (exact) mass is 308 g/mol. The van der Waals surface area contributed by atoms with Gasteiger partial charge in [-0.2, -0.15) is 4.98 Å². The van der Waals surface area contributed by atoms with E-state index in [4.69, 9.17) is 16.3 Å². The van der Waals surface area contributed by atoms with E-state index in [0.29, 0.717) is 19.1 Å². The average Bonchev–Trinajstić information content (AvgIpc) is 3.27. The molecule has 1 aromatic rings. The molecule has 0 bridgehead atoms. The highest BCUT2D eigenvalue weighted by molar-refractivity contribution is 6.28. The molecule has 6 nitrogen and oxygen atoms in total. The minimum Gasteiger partial charge on any atom is -0.374 e. The molecule has 1 aromatic heterocycles. The number of hydrogen-bond acceptors (Lipinski definition) is 5. The van der Waals surface area contributed by atoms with Gasteiger partial charge in [-0.15, -0.1) is 0 Å². The van der Waals surface area contributed by atoms with Gasteiger partial charge in [-0.05, 0) is 37.3 Å². The van der Waals surface area contributed by atoms with E-state index >= 15 is 0 Å². The van der Waals surface area contributed by atoms with Gasteiger partial charge in [-0.1, -0.05) is 0 Å². The van der Waals surface area contributed by atoms with Crippen LogP contribution in [0.3, 0.4) is 0 Å². The van der Waals surface area contributed by atoms with Gasteiger partial charge in [0.1, 0.15) is 11.7 Å². The fourth-order valence-corrected chi connectivity index (χ4v) is 3.16. The van der Waals surface area contributed by atoms with Crippen molar-refractivity contribution >= 4 is 29.0 Å².